The minimum Gasteiger partial charge on any atom is -0.342 e. The summed E-state index contributed by atoms with van der Waals surface area (Å²) in [6.45, 7) is 3.45. The summed E-state index contributed by atoms with van der Waals surface area (Å²) in [5, 5.41) is 2.83. The van der Waals surface area contributed by atoms with Crippen LogP contribution in [0.2, 0.25) is 0 Å². The van der Waals surface area contributed by atoms with Crippen LogP contribution in [0.4, 0.5) is 4.39 Å². The summed E-state index contributed by atoms with van der Waals surface area (Å²) in [5.74, 6) is 0.119. The second-order valence-electron chi connectivity index (χ2n) is 4.36. The second-order valence-corrected chi connectivity index (χ2v) is 4.36. The molecule has 0 aromatic heterocycles. The number of nitrogens with zero attached hydrogens (tertiary/aromatic N) is 1. The Morgan fingerprint density at radius 1 is 1.50 bits per heavy atom. The zero-order valence-corrected chi connectivity index (χ0v) is 8.98. The van der Waals surface area contributed by atoms with Crippen molar-refractivity contribution in [3.63, 3.8) is 0 Å². The minimum absolute atomic E-state index is 0.119. The molecule has 0 aliphatic carbocycles. The second kappa shape index (κ2) is 4.73. The molecule has 1 fully saturated rings. The molecular formula is C10H19FN2O. The van der Waals surface area contributed by atoms with Gasteiger partial charge >= 0.3 is 0 Å². The minimum atomic E-state index is -0.277. The van der Waals surface area contributed by atoms with E-state index in [0.29, 0.717) is 19.6 Å². The molecule has 0 atom stereocenters. The largest absolute Gasteiger partial charge is 0.342 e. The summed E-state index contributed by atoms with van der Waals surface area (Å²) < 4.78 is 12.6. The lowest BCUT2D eigenvalue weighted by Crippen LogP contribution is -2.45. The van der Waals surface area contributed by atoms with E-state index >= 15 is 0 Å². The molecule has 0 unspecified atom stereocenters. The number of hydrogen-bond donors (Lipinski definition) is 1. The lowest BCUT2D eigenvalue weighted by molar-refractivity contribution is -0.132. The van der Waals surface area contributed by atoms with Crippen molar-refractivity contribution in [2.45, 2.75) is 19.8 Å². The summed E-state index contributed by atoms with van der Waals surface area (Å²) >= 11 is 0. The van der Waals surface area contributed by atoms with Crippen molar-refractivity contribution in [2.75, 3.05) is 33.4 Å². The van der Waals surface area contributed by atoms with E-state index in [1.54, 1.807) is 7.05 Å². The van der Waals surface area contributed by atoms with Gasteiger partial charge in [0.25, 0.3) is 0 Å². The van der Waals surface area contributed by atoms with Crippen molar-refractivity contribution in [3.05, 3.63) is 0 Å². The van der Waals surface area contributed by atoms with Crippen molar-refractivity contribution in [1.82, 2.24) is 10.2 Å². The van der Waals surface area contributed by atoms with Crippen LogP contribution in [0.1, 0.15) is 19.8 Å². The number of rotatable bonds is 3. The lowest BCUT2D eigenvalue weighted by Gasteiger charge is -2.37. The van der Waals surface area contributed by atoms with Crippen LogP contribution in [-0.4, -0.2) is 44.2 Å². The fourth-order valence-corrected chi connectivity index (χ4v) is 1.69. The SMILES string of the molecule is CNCC(=O)N1CCC(C)(CF)CC1. The van der Waals surface area contributed by atoms with Gasteiger partial charge in [-0.15, -0.1) is 0 Å². The molecule has 1 saturated heterocycles. The smallest absolute Gasteiger partial charge is 0.236 e. The molecular weight excluding hydrogens is 183 g/mol. The molecule has 1 rings (SSSR count). The van der Waals surface area contributed by atoms with Crippen LogP contribution >= 0.6 is 0 Å². The monoisotopic (exact) mass is 202 g/mol. The van der Waals surface area contributed by atoms with Gasteiger partial charge in [0.05, 0.1) is 13.2 Å². The normalized spacial score (nSPS) is 20.9. The van der Waals surface area contributed by atoms with E-state index < -0.39 is 0 Å². The maximum atomic E-state index is 12.6. The Balaban J connectivity index is 2.39. The fourth-order valence-electron chi connectivity index (χ4n) is 1.69. The highest BCUT2D eigenvalue weighted by atomic mass is 19.1. The Hall–Kier alpha value is -0.640. The van der Waals surface area contributed by atoms with E-state index in [1.807, 2.05) is 11.8 Å². The van der Waals surface area contributed by atoms with Crippen LogP contribution in [0.5, 0.6) is 0 Å². The molecule has 4 heteroatoms. The Bertz CT molecular complexity index is 200. The molecule has 3 nitrogen and oxygen atoms in total. The highest BCUT2D eigenvalue weighted by Gasteiger charge is 2.31. The predicted octanol–water partition coefficient (Wildman–Crippen LogP) is 0.804. The number of carbonyl (C=O) groups excluding carboxylic acids is 1. The predicted molar refractivity (Wildman–Crippen MR) is 53.8 cm³/mol. The Morgan fingerprint density at radius 2 is 2.07 bits per heavy atom. The van der Waals surface area contributed by atoms with Crippen molar-refractivity contribution in [2.24, 2.45) is 5.41 Å². The highest BCUT2D eigenvalue weighted by Crippen LogP contribution is 2.30. The first-order chi connectivity index (χ1) is 6.61. The third-order valence-corrected chi connectivity index (χ3v) is 2.97. The Morgan fingerprint density at radius 3 is 2.50 bits per heavy atom. The summed E-state index contributed by atoms with van der Waals surface area (Å²) in [4.78, 5) is 13.3. The van der Waals surface area contributed by atoms with Gasteiger partial charge in [0, 0.05) is 13.1 Å². The number of likely N-dealkylation sites (N-methyl/N-ethyl adjacent to an activating group) is 1. The molecule has 14 heavy (non-hydrogen) atoms. The van der Waals surface area contributed by atoms with Gasteiger partial charge in [-0.25, -0.2) is 0 Å². The maximum Gasteiger partial charge on any atom is 0.236 e. The van der Waals surface area contributed by atoms with Gasteiger partial charge in [-0.3, -0.25) is 9.18 Å². The van der Waals surface area contributed by atoms with Crippen LogP contribution in [0.3, 0.4) is 0 Å². The summed E-state index contributed by atoms with van der Waals surface area (Å²) in [5.41, 5.74) is -0.198. The zero-order valence-electron chi connectivity index (χ0n) is 8.98. The topological polar surface area (TPSA) is 32.3 Å². The van der Waals surface area contributed by atoms with E-state index in [0.717, 1.165) is 12.8 Å². The van der Waals surface area contributed by atoms with Gasteiger partial charge in [-0.05, 0) is 25.3 Å². The molecule has 0 bridgehead atoms. The van der Waals surface area contributed by atoms with Crippen LogP contribution in [0, 0.1) is 5.41 Å². The number of alkyl halides is 1. The summed E-state index contributed by atoms with van der Waals surface area (Å²) in [7, 11) is 1.76. The van der Waals surface area contributed by atoms with Gasteiger partial charge in [0.15, 0.2) is 0 Å². The Labute approximate surface area is 84.7 Å². The third kappa shape index (κ3) is 2.67. The van der Waals surface area contributed by atoms with Gasteiger partial charge in [-0.1, -0.05) is 6.92 Å². The molecule has 1 aliphatic rings. The van der Waals surface area contributed by atoms with E-state index in [-0.39, 0.29) is 18.0 Å². The van der Waals surface area contributed by atoms with Gasteiger partial charge < -0.3 is 10.2 Å². The molecule has 82 valence electrons. The van der Waals surface area contributed by atoms with Crippen LogP contribution < -0.4 is 5.32 Å². The van der Waals surface area contributed by atoms with Gasteiger partial charge in [-0.2, -0.15) is 0 Å². The van der Waals surface area contributed by atoms with Crippen LogP contribution in [0.25, 0.3) is 0 Å². The van der Waals surface area contributed by atoms with E-state index in [4.69, 9.17) is 0 Å². The molecule has 1 N–H and O–H groups in total. The first-order valence-corrected chi connectivity index (χ1v) is 5.10. The van der Waals surface area contributed by atoms with Crippen LogP contribution in [-0.2, 0) is 4.79 Å². The molecule has 0 aromatic rings. The van der Waals surface area contributed by atoms with Crippen molar-refractivity contribution >= 4 is 5.91 Å². The van der Waals surface area contributed by atoms with E-state index in [2.05, 4.69) is 5.32 Å². The van der Waals surface area contributed by atoms with Crippen molar-refractivity contribution in [1.29, 1.82) is 0 Å². The van der Waals surface area contributed by atoms with Crippen molar-refractivity contribution < 1.29 is 9.18 Å². The van der Waals surface area contributed by atoms with E-state index in [1.165, 1.54) is 0 Å². The first kappa shape index (κ1) is 11.4. The number of hydrogen-bond acceptors (Lipinski definition) is 2. The highest BCUT2D eigenvalue weighted by molar-refractivity contribution is 5.78. The standard InChI is InChI=1S/C10H19FN2O/c1-10(8-11)3-5-13(6-4-10)9(14)7-12-2/h12H,3-8H2,1-2H3. The summed E-state index contributed by atoms with van der Waals surface area (Å²) in [6.07, 6.45) is 1.55. The maximum absolute atomic E-state index is 12.6. The van der Waals surface area contributed by atoms with Crippen molar-refractivity contribution in [3.8, 4) is 0 Å². The van der Waals surface area contributed by atoms with Crippen LogP contribution in [0.15, 0.2) is 0 Å². The van der Waals surface area contributed by atoms with E-state index in [9.17, 15) is 9.18 Å². The number of amides is 1. The third-order valence-electron chi connectivity index (χ3n) is 2.97. The molecule has 1 aliphatic heterocycles. The molecule has 0 aromatic carbocycles. The first-order valence-electron chi connectivity index (χ1n) is 5.10. The van der Waals surface area contributed by atoms with Gasteiger partial charge in [0.2, 0.25) is 5.91 Å². The molecule has 0 spiro atoms. The quantitative estimate of drug-likeness (QED) is 0.734. The molecule has 0 saturated carbocycles. The zero-order chi connectivity index (χ0) is 10.6. The average molecular weight is 202 g/mol. The number of carbonyl (C=O) groups is 1. The average Bonchev–Trinajstić information content (AvgIpc) is 2.19. The Kier molecular flexibility index (Phi) is 3.86. The number of likely N-dealkylation sites (tertiary alicyclic amines) is 1. The fraction of sp³-hybridized carbons (Fsp3) is 0.900. The molecule has 1 amide bonds. The molecule has 1 heterocycles. The summed E-state index contributed by atoms with van der Waals surface area (Å²) in [6, 6.07) is 0. The molecule has 0 radical (unpaired) electrons. The lowest BCUT2D eigenvalue weighted by atomic mass is 9.82. The van der Waals surface area contributed by atoms with Gasteiger partial charge in [0.1, 0.15) is 0 Å². The number of piperidine rings is 1. The number of nitrogens with one attached hydrogen (secondary N) is 1. The number of halogens is 1.